The number of nitrogens with zero attached hydrogens (tertiary/aromatic N) is 4. The lowest BCUT2D eigenvalue weighted by Crippen LogP contribution is -2.64. The van der Waals surface area contributed by atoms with Crippen LogP contribution in [0.3, 0.4) is 0 Å². The van der Waals surface area contributed by atoms with Crippen molar-refractivity contribution in [1.29, 1.82) is 0 Å². The van der Waals surface area contributed by atoms with Crippen LogP contribution in [0.15, 0.2) is 0 Å². The second-order valence-corrected chi connectivity index (χ2v) is 7.94. The molecule has 0 saturated carbocycles. The molecule has 0 unspecified atom stereocenters. The van der Waals surface area contributed by atoms with Gasteiger partial charge in [0.05, 0.1) is 19.0 Å². The summed E-state index contributed by atoms with van der Waals surface area (Å²) >= 11 is 1.44. The predicted molar refractivity (Wildman–Crippen MR) is 92.4 cm³/mol. The summed E-state index contributed by atoms with van der Waals surface area (Å²) in [4.78, 5) is 19.1. The summed E-state index contributed by atoms with van der Waals surface area (Å²) in [5.74, 6) is 0. The van der Waals surface area contributed by atoms with Gasteiger partial charge in [-0.15, -0.1) is 0 Å². The smallest absolute Gasteiger partial charge is 0.306 e. The highest BCUT2D eigenvalue weighted by Crippen LogP contribution is 2.33. The summed E-state index contributed by atoms with van der Waals surface area (Å²) in [6.45, 7) is 16.1. The Balaban J connectivity index is 2.39. The van der Waals surface area contributed by atoms with Gasteiger partial charge in [-0.3, -0.25) is 9.80 Å². The van der Waals surface area contributed by atoms with E-state index in [2.05, 4.69) is 57.7 Å². The van der Waals surface area contributed by atoms with Crippen molar-refractivity contribution in [3.8, 4) is 0 Å². The first-order valence-electron chi connectivity index (χ1n) is 7.95. The fraction of sp³-hybridized carbons (Fsp3) is 0.750. The Hall–Kier alpha value is -1.14. The summed E-state index contributed by atoms with van der Waals surface area (Å²) in [6.07, 6.45) is 0.904. The minimum Gasteiger partial charge on any atom is -0.306 e. The Labute approximate surface area is 138 Å². The van der Waals surface area contributed by atoms with E-state index >= 15 is 0 Å². The molecular formula is C16H28N4OS. The fourth-order valence-electron chi connectivity index (χ4n) is 2.59. The molecule has 1 aliphatic rings. The molecule has 124 valence electrons. The number of carbonyl (C=O) groups is 1. The van der Waals surface area contributed by atoms with Gasteiger partial charge in [0.25, 0.3) is 0 Å². The number of hydrogen-bond donors (Lipinski definition) is 0. The molecule has 22 heavy (non-hydrogen) atoms. The minimum atomic E-state index is -0.199. The van der Waals surface area contributed by atoms with Gasteiger partial charge in [0.2, 0.25) is 0 Å². The first-order valence-corrected chi connectivity index (χ1v) is 8.72. The molecule has 0 bridgehead atoms. The predicted octanol–water partition coefficient (Wildman–Crippen LogP) is 3.68. The Morgan fingerprint density at radius 2 is 1.91 bits per heavy atom. The lowest BCUT2D eigenvalue weighted by Gasteiger charge is -2.48. The highest BCUT2D eigenvalue weighted by atomic mass is 32.1. The molecule has 1 saturated heterocycles. The fourth-order valence-corrected chi connectivity index (χ4v) is 3.54. The Kier molecular flexibility index (Phi) is 4.82. The van der Waals surface area contributed by atoms with E-state index < -0.39 is 0 Å². The first-order chi connectivity index (χ1) is 10.2. The van der Waals surface area contributed by atoms with Gasteiger partial charge in [0.1, 0.15) is 5.00 Å². The second kappa shape index (κ2) is 6.16. The molecule has 1 fully saturated rings. The molecule has 1 aliphatic heterocycles. The monoisotopic (exact) mass is 324 g/mol. The molecule has 0 atom stereocenters. The molecule has 1 aromatic rings. The van der Waals surface area contributed by atoms with Crippen LogP contribution in [-0.4, -0.2) is 45.1 Å². The van der Waals surface area contributed by atoms with E-state index in [1.165, 1.54) is 11.5 Å². The maximum absolute atomic E-state index is 13.0. The average Bonchev–Trinajstić information content (AvgIpc) is 2.78. The molecule has 5 nitrogen and oxygen atoms in total. The third-order valence-electron chi connectivity index (χ3n) is 4.22. The number of anilines is 1. The molecule has 6 heteroatoms. The first kappa shape index (κ1) is 17.2. The number of carbonyl (C=O) groups excluding carboxylic acids is 1. The molecule has 2 amide bonds. The lowest BCUT2D eigenvalue weighted by molar-refractivity contribution is 0.0482. The van der Waals surface area contributed by atoms with Gasteiger partial charge < -0.3 is 4.90 Å². The van der Waals surface area contributed by atoms with E-state index in [-0.39, 0.29) is 11.6 Å². The third kappa shape index (κ3) is 3.13. The van der Waals surface area contributed by atoms with Gasteiger partial charge >= 0.3 is 6.03 Å². The molecule has 0 N–H and O–H groups in total. The second-order valence-electron chi connectivity index (χ2n) is 7.19. The molecule has 0 spiro atoms. The van der Waals surface area contributed by atoms with Crippen LogP contribution in [0.25, 0.3) is 0 Å². The van der Waals surface area contributed by atoms with Gasteiger partial charge in [-0.05, 0) is 59.5 Å². The zero-order valence-corrected chi connectivity index (χ0v) is 15.6. The highest BCUT2D eigenvalue weighted by molar-refractivity contribution is 7.10. The summed E-state index contributed by atoms with van der Waals surface area (Å²) in [7, 11) is 0. The van der Waals surface area contributed by atoms with E-state index in [9.17, 15) is 4.79 Å². The normalized spacial score (nSPS) is 17.7. The standard InChI is InChI=1S/C16H28N4OS/c1-8-13-12(4)14(22-17-13)19-9-18(11(2)3)10-20(15(19)21)16(5,6)7/h11H,8-10H2,1-7H3. The molecule has 0 aliphatic carbocycles. The topological polar surface area (TPSA) is 39.7 Å². The summed E-state index contributed by atoms with van der Waals surface area (Å²) < 4.78 is 4.51. The van der Waals surface area contributed by atoms with Crippen molar-refractivity contribution in [3.63, 3.8) is 0 Å². The molecule has 0 radical (unpaired) electrons. The van der Waals surface area contributed by atoms with Gasteiger partial charge in [-0.2, -0.15) is 4.37 Å². The van der Waals surface area contributed by atoms with Crippen molar-refractivity contribution in [3.05, 3.63) is 11.3 Å². The van der Waals surface area contributed by atoms with Crippen molar-refractivity contribution in [2.45, 2.75) is 66.5 Å². The lowest BCUT2D eigenvalue weighted by atomic mass is 10.1. The van der Waals surface area contributed by atoms with Crippen LogP contribution in [-0.2, 0) is 6.42 Å². The number of rotatable bonds is 3. The van der Waals surface area contributed by atoms with Crippen molar-refractivity contribution in [2.75, 3.05) is 18.2 Å². The number of aryl methyl sites for hydroxylation is 1. The van der Waals surface area contributed by atoms with Gasteiger partial charge in [-0.1, -0.05) is 6.92 Å². The van der Waals surface area contributed by atoms with Crippen LogP contribution in [0.2, 0.25) is 0 Å². The molecule has 2 rings (SSSR count). The molecule has 1 aromatic heterocycles. The van der Waals surface area contributed by atoms with Gasteiger partial charge in [-0.25, -0.2) is 4.79 Å². The molecule has 2 heterocycles. The zero-order valence-electron chi connectivity index (χ0n) is 14.8. The summed E-state index contributed by atoms with van der Waals surface area (Å²) in [5.41, 5.74) is 2.03. The van der Waals surface area contributed by atoms with Crippen LogP contribution < -0.4 is 4.90 Å². The van der Waals surface area contributed by atoms with Crippen LogP contribution in [0.4, 0.5) is 9.80 Å². The number of hydrogen-bond acceptors (Lipinski definition) is 4. The van der Waals surface area contributed by atoms with E-state index in [1.807, 2.05) is 9.80 Å². The maximum Gasteiger partial charge on any atom is 0.327 e. The average molecular weight is 324 g/mol. The van der Waals surface area contributed by atoms with Crippen LogP contribution in [0.5, 0.6) is 0 Å². The Bertz CT molecular complexity index is 547. The molecular weight excluding hydrogens is 296 g/mol. The maximum atomic E-state index is 13.0. The number of urea groups is 1. The minimum absolute atomic E-state index is 0.0822. The zero-order chi connectivity index (χ0) is 16.7. The molecule has 0 aromatic carbocycles. The van der Waals surface area contributed by atoms with Crippen molar-refractivity contribution < 1.29 is 4.79 Å². The third-order valence-corrected chi connectivity index (χ3v) is 5.24. The van der Waals surface area contributed by atoms with E-state index in [4.69, 9.17) is 0 Å². The van der Waals surface area contributed by atoms with Crippen molar-refractivity contribution in [1.82, 2.24) is 14.2 Å². The van der Waals surface area contributed by atoms with Gasteiger partial charge in [0.15, 0.2) is 0 Å². The number of amides is 2. The largest absolute Gasteiger partial charge is 0.327 e. The Morgan fingerprint density at radius 1 is 1.27 bits per heavy atom. The van der Waals surface area contributed by atoms with Crippen molar-refractivity contribution in [2.24, 2.45) is 0 Å². The Morgan fingerprint density at radius 3 is 2.36 bits per heavy atom. The summed E-state index contributed by atoms with van der Waals surface area (Å²) in [6, 6.07) is 0.470. The van der Waals surface area contributed by atoms with E-state index in [0.717, 1.165) is 22.7 Å². The van der Waals surface area contributed by atoms with Crippen LogP contribution >= 0.6 is 11.5 Å². The van der Waals surface area contributed by atoms with Crippen molar-refractivity contribution >= 4 is 22.6 Å². The van der Waals surface area contributed by atoms with E-state index in [0.29, 0.717) is 19.4 Å². The highest BCUT2D eigenvalue weighted by Gasteiger charge is 2.39. The summed E-state index contributed by atoms with van der Waals surface area (Å²) in [5, 5.41) is 0.987. The SMILES string of the molecule is CCc1nsc(N2CN(C(C)C)CN(C(C)(C)C)C2=O)c1C. The van der Waals surface area contributed by atoms with E-state index in [1.54, 1.807) is 0 Å². The number of aromatic nitrogens is 1. The van der Waals surface area contributed by atoms with Crippen LogP contribution in [0, 0.1) is 6.92 Å². The van der Waals surface area contributed by atoms with Gasteiger partial charge in [0, 0.05) is 17.1 Å². The van der Waals surface area contributed by atoms with Crippen LogP contribution in [0.1, 0.15) is 52.8 Å². The quantitative estimate of drug-likeness (QED) is 0.851.